The molecular formula is C15H10FN3O2. The zero-order valence-corrected chi connectivity index (χ0v) is 10.7. The van der Waals surface area contributed by atoms with Gasteiger partial charge in [-0.25, -0.2) is 14.2 Å². The number of aromatic carboxylic acids is 1. The van der Waals surface area contributed by atoms with Crippen molar-refractivity contribution in [1.82, 2.24) is 9.97 Å². The molecule has 2 N–H and O–H groups in total. The number of halogens is 1. The van der Waals surface area contributed by atoms with Gasteiger partial charge < -0.3 is 10.4 Å². The SMILES string of the molecule is O=C(O)c1cc(F)cnc1Nc1cnc2ccccc2c1. The number of para-hydroxylation sites is 1. The normalized spacial score (nSPS) is 10.5. The summed E-state index contributed by atoms with van der Waals surface area (Å²) < 4.78 is 13.1. The van der Waals surface area contributed by atoms with Crippen molar-refractivity contribution >= 4 is 28.4 Å². The molecule has 0 radical (unpaired) electrons. The number of pyridine rings is 2. The fourth-order valence-corrected chi connectivity index (χ4v) is 1.98. The smallest absolute Gasteiger partial charge is 0.339 e. The maximum absolute atomic E-state index is 13.1. The van der Waals surface area contributed by atoms with Crippen LogP contribution in [0.4, 0.5) is 15.9 Å². The molecule has 0 aliphatic heterocycles. The highest BCUT2D eigenvalue weighted by Crippen LogP contribution is 2.22. The van der Waals surface area contributed by atoms with Crippen LogP contribution in [0.25, 0.3) is 10.9 Å². The number of carbonyl (C=O) groups is 1. The van der Waals surface area contributed by atoms with Crippen LogP contribution in [0.15, 0.2) is 48.8 Å². The van der Waals surface area contributed by atoms with E-state index in [-0.39, 0.29) is 11.4 Å². The van der Waals surface area contributed by atoms with E-state index in [1.54, 1.807) is 6.20 Å². The first-order valence-electron chi connectivity index (χ1n) is 6.14. The highest BCUT2D eigenvalue weighted by Gasteiger charge is 2.13. The first-order chi connectivity index (χ1) is 10.1. The number of hydrogen-bond donors (Lipinski definition) is 2. The number of carboxylic acid groups (broad SMARTS) is 1. The van der Waals surface area contributed by atoms with Gasteiger partial charge in [-0.2, -0.15) is 0 Å². The summed E-state index contributed by atoms with van der Waals surface area (Å²) in [6, 6.07) is 10.3. The maximum atomic E-state index is 13.1. The number of fused-ring (bicyclic) bond motifs is 1. The van der Waals surface area contributed by atoms with Gasteiger partial charge in [0.1, 0.15) is 17.2 Å². The fraction of sp³-hybridized carbons (Fsp3) is 0. The quantitative estimate of drug-likeness (QED) is 0.772. The second-order valence-electron chi connectivity index (χ2n) is 4.40. The maximum Gasteiger partial charge on any atom is 0.339 e. The van der Waals surface area contributed by atoms with E-state index in [1.165, 1.54) is 0 Å². The molecule has 6 heteroatoms. The molecule has 3 aromatic rings. The Morgan fingerprint density at radius 1 is 1.14 bits per heavy atom. The third-order valence-electron chi connectivity index (χ3n) is 2.94. The fourth-order valence-electron chi connectivity index (χ4n) is 1.98. The molecule has 0 aliphatic carbocycles. The molecule has 0 aliphatic rings. The third kappa shape index (κ3) is 2.64. The minimum absolute atomic E-state index is 0.0704. The predicted octanol–water partition coefficient (Wildman–Crippen LogP) is 3.21. The number of hydrogen-bond acceptors (Lipinski definition) is 4. The van der Waals surface area contributed by atoms with Crippen LogP contribution in [-0.2, 0) is 0 Å². The zero-order valence-electron chi connectivity index (χ0n) is 10.7. The van der Waals surface area contributed by atoms with E-state index in [9.17, 15) is 9.18 Å². The molecule has 0 fully saturated rings. The third-order valence-corrected chi connectivity index (χ3v) is 2.94. The summed E-state index contributed by atoms with van der Waals surface area (Å²) in [5.41, 5.74) is 1.17. The van der Waals surface area contributed by atoms with E-state index in [0.29, 0.717) is 5.69 Å². The van der Waals surface area contributed by atoms with E-state index in [2.05, 4.69) is 15.3 Å². The lowest BCUT2D eigenvalue weighted by Gasteiger charge is -2.09. The Balaban J connectivity index is 2.00. The molecule has 3 rings (SSSR count). The van der Waals surface area contributed by atoms with E-state index in [1.807, 2.05) is 30.3 Å². The van der Waals surface area contributed by atoms with E-state index in [4.69, 9.17) is 5.11 Å². The van der Waals surface area contributed by atoms with Gasteiger partial charge in [0.2, 0.25) is 0 Å². The first-order valence-corrected chi connectivity index (χ1v) is 6.14. The molecule has 2 aromatic heterocycles. The number of anilines is 2. The average molecular weight is 283 g/mol. The van der Waals surface area contributed by atoms with Crippen molar-refractivity contribution < 1.29 is 14.3 Å². The molecule has 104 valence electrons. The second kappa shape index (κ2) is 5.16. The van der Waals surface area contributed by atoms with Crippen molar-refractivity contribution in [2.24, 2.45) is 0 Å². The van der Waals surface area contributed by atoms with E-state index < -0.39 is 11.8 Å². The zero-order chi connectivity index (χ0) is 14.8. The highest BCUT2D eigenvalue weighted by molar-refractivity contribution is 5.94. The standard InChI is InChI=1S/C15H10FN3O2/c16-10-6-12(15(20)21)14(18-7-10)19-11-5-9-3-1-2-4-13(9)17-8-11/h1-8H,(H,18,19)(H,20,21). The molecule has 0 atom stereocenters. The number of benzene rings is 1. The Morgan fingerprint density at radius 2 is 1.95 bits per heavy atom. The summed E-state index contributed by atoms with van der Waals surface area (Å²) >= 11 is 0. The van der Waals surface area contributed by atoms with Crippen LogP contribution in [0.2, 0.25) is 0 Å². The van der Waals surface area contributed by atoms with Gasteiger partial charge in [0.15, 0.2) is 0 Å². The van der Waals surface area contributed by atoms with Crippen LogP contribution in [0, 0.1) is 5.82 Å². The number of nitrogens with one attached hydrogen (secondary N) is 1. The lowest BCUT2D eigenvalue weighted by atomic mass is 10.2. The summed E-state index contributed by atoms with van der Waals surface area (Å²) in [5.74, 6) is -1.88. The molecule has 0 saturated heterocycles. The van der Waals surface area contributed by atoms with Gasteiger partial charge in [-0.3, -0.25) is 4.98 Å². The first kappa shape index (κ1) is 13.0. The Kier molecular flexibility index (Phi) is 3.19. The lowest BCUT2D eigenvalue weighted by molar-refractivity contribution is 0.0697. The molecule has 2 heterocycles. The van der Waals surface area contributed by atoms with Crippen molar-refractivity contribution in [1.29, 1.82) is 0 Å². The molecule has 0 bridgehead atoms. The van der Waals surface area contributed by atoms with Gasteiger partial charge in [0, 0.05) is 5.39 Å². The van der Waals surface area contributed by atoms with Crippen LogP contribution in [0.3, 0.4) is 0 Å². The van der Waals surface area contributed by atoms with Gasteiger partial charge in [-0.05, 0) is 18.2 Å². The van der Waals surface area contributed by atoms with Crippen LogP contribution in [-0.4, -0.2) is 21.0 Å². The minimum atomic E-state index is -1.25. The van der Waals surface area contributed by atoms with Gasteiger partial charge in [-0.1, -0.05) is 18.2 Å². The van der Waals surface area contributed by atoms with Crippen molar-refractivity contribution in [3.05, 3.63) is 60.2 Å². The Labute approximate surface area is 119 Å². The molecule has 5 nitrogen and oxygen atoms in total. The topological polar surface area (TPSA) is 75.1 Å². The number of rotatable bonds is 3. The summed E-state index contributed by atoms with van der Waals surface area (Å²) in [6.07, 6.45) is 2.53. The van der Waals surface area contributed by atoms with Gasteiger partial charge in [0.05, 0.1) is 23.6 Å². The second-order valence-corrected chi connectivity index (χ2v) is 4.40. The monoisotopic (exact) mass is 283 g/mol. The summed E-state index contributed by atoms with van der Waals surface area (Å²) in [5, 5.41) is 12.8. The van der Waals surface area contributed by atoms with Gasteiger partial charge in [-0.15, -0.1) is 0 Å². The molecular weight excluding hydrogens is 273 g/mol. The van der Waals surface area contributed by atoms with Gasteiger partial charge >= 0.3 is 5.97 Å². The molecule has 21 heavy (non-hydrogen) atoms. The van der Waals surface area contributed by atoms with E-state index in [0.717, 1.165) is 23.2 Å². The van der Waals surface area contributed by atoms with Crippen LogP contribution in [0.1, 0.15) is 10.4 Å². The van der Waals surface area contributed by atoms with Crippen LogP contribution in [0.5, 0.6) is 0 Å². The number of nitrogens with zero attached hydrogens (tertiary/aromatic N) is 2. The highest BCUT2D eigenvalue weighted by atomic mass is 19.1. The number of carboxylic acids is 1. The minimum Gasteiger partial charge on any atom is -0.478 e. The van der Waals surface area contributed by atoms with Crippen molar-refractivity contribution in [2.45, 2.75) is 0 Å². The Morgan fingerprint density at radius 3 is 2.76 bits per heavy atom. The Bertz CT molecular complexity index is 836. The van der Waals surface area contributed by atoms with Crippen LogP contribution >= 0.6 is 0 Å². The molecule has 0 spiro atoms. The van der Waals surface area contributed by atoms with Gasteiger partial charge in [0.25, 0.3) is 0 Å². The predicted molar refractivity (Wildman–Crippen MR) is 76.2 cm³/mol. The Hall–Kier alpha value is -3.02. The summed E-state index contributed by atoms with van der Waals surface area (Å²) in [4.78, 5) is 19.2. The van der Waals surface area contributed by atoms with Crippen LogP contribution < -0.4 is 5.32 Å². The van der Waals surface area contributed by atoms with E-state index >= 15 is 0 Å². The lowest BCUT2D eigenvalue weighted by Crippen LogP contribution is -2.05. The summed E-state index contributed by atoms with van der Waals surface area (Å²) in [6.45, 7) is 0. The summed E-state index contributed by atoms with van der Waals surface area (Å²) in [7, 11) is 0. The van der Waals surface area contributed by atoms with Crippen molar-refractivity contribution in [3.63, 3.8) is 0 Å². The number of aromatic nitrogens is 2. The molecule has 0 saturated carbocycles. The average Bonchev–Trinajstić information content (AvgIpc) is 2.49. The van der Waals surface area contributed by atoms with Crippen molar-refractivity contribution in [3.8, 4) is 0 Å². The molecule has 1 aromatic carbocycles. The molecule has 0 amide bonds. The van der Waals surface area contributed by atoms with Crippen molar-refractivity contribution in [2.75, 3.05) is 5.32 Å². The largest absolute Gasteiger partial charge is 0.478 e. The molecule has 0 unspecified atom stereocenters.